The molecule has 0 aromatic rings. The van der Waals surface area contributed by atoms with E-state index >= 15 is 0 Å². The van der Waals surface area contributed by atoms with Gasteiger partial charge in [0.25, 0.3) is 0 Å². The summed E-state index contributed by atoms with van der Waals surface area (Å²) in [5.74, 6) is 2.53. The zero-order chi connectivity index (χ0) is 11.0. The molecule has 86 valence electrons. The Bertz CT molecular complexity index is 118. The molecule has 1 nitrogen and oxygen atoms in total. The Morgan fingerprint density at radius 2 is 1.86 bits per heavy atom. The number of hydrogen-bond acceptors (Lipinski definition) is 1. The molecule has 0 aromatic carbocycles. The van der Waals surface area contributed by atoms with E-state index in [1.807, 2.05) is 0 Å². The highest BCUT2D eigenvalue weighted by Gasteiger charge is 2.25. The molecular formula is C13H28O. The zero-order valence-electron chi connectivity index (χ0n) is 10.7. The highest BCUT2D eigenvalue weighted by molar-refractivity contribution is 4.74. The van der Waals surface area contributed by atoms with Crippen molar-refractivity contribution in [3.05, 3.63) is 0 Å². The fraction of sp³-hybridized carbons (Fsp3) is 1.00. The van der Waals surface area contributed by atoms with Crippen molar-refractivity contribution in [1.82, 2.24) is 0 Å². The predicted octanol–water partition coefficient (Wildman–Crippen LogP) is 4.12. The SMILES string of the molecule is CCC.CCC(C)C1COCCC1C. The Balaban J connectivity index is 0.000000500. The molecule has 1 aliphatic rings. The summed E-state index contributed by atoms with van der Waals surface area (Å²) >= 11 is 0. The van der Waals surface area contributed by atoms with Crippen molar-refractivity contribution in [2.24, 2.45) is 17.8 Å². The van der Waals surface area contributed by atoms with Crippen molar-refractivity contribution in [3.63, 3.8) is 0 Å². The van der Waals surface area contributed by atoms with Crippen molar-refractivity contribution in [2.75, 3.05) is 13.2 Å². The molecule has 3 unspecified atom stereocenters. The molecule has 0 aromatic heterocycles. The second-order valence-electron chi connectivity index (χ2n) is 4.60. The molecule has 1 heterocycles. The van der Waals surface area contributed by atoms with Crippen molar-refractivity contribution in [2.45, 2.75) is 53.9 Å². The summed E-state index contributed by atoms with van der Waals surface area (Å²) in [6, 6.07) is 0. The van der Waals surface area contributed by atoms with Crippen LogP contribution in [-0.2, 0) is 4.74 Å². The Morgan fingerprint density at radius 1 is 1.29 bits per heavy atom. The van der Waals surface area contributed by atoms with Gasteiger partial charge in [-0.2, -0.15) is 0 Å². The van der Waals surface area contributed by atoms with Crippen LogP contribution in [0.5, 0.6) is 0 Å². The molecule has 0 N–H and O–H groups in total. The first-order valence-electron chi connectivity index (χ1n) is 6.24. The van der Waals surface area contributed by atoms with Crippen molar-refractivity contribution < 1.29 is 4.74 Å². The molecule has 1 aliphatic heterocycles. The van der Waals surface area contributed by atoms with E-state index in [9.17, 15) is 0 Å². The summed E-state index contributed by atoms with van der Waals surface area (Å²) in [6.07, 6.45) is 3.80. The molecule has 1 saturated heterocycles. The third kappa shape index (κ3) is 4.99. The molecule has 3 atom stereocenters. The van der Waals surface area contributed by atoms with Gasteiger partial charge in [-0.3, -0.25) is 0 Å². The fourth-order valence-electron chi connectivity index (χ4n) is 1.89. The van der Waals surface area contributed by atoms with E-state index in [4.69, 9.17) is 4.74 Å². The highest BCUT2D eigenvalue weighted by Crippen LogP contribution is 2.29. The van der Waals surface area contributed by atoms with Gasteiger partial charge >= 0.3 is 0 Å². The normalized spacial score (nSPS) is 28.9. The third-order valence-electron chi connectivity index (χ3n) is 3.13. The van der Waals surface area contributed by atoms with Crippen molar-refractivity contribution in [1.29, 1.82) is 0 Å². The number of ether oxygens (including phenoxy) is 1. The van der Waals surface area contributed by atoms with Gasteiger partial charge < -0.3 is 4.74 Å². The van der Waals surface area contributed by atoms with Crippen molar-refractivity contribution >= 4 is 0 Å². The first-order valence-corrected chi connectivity index (χ1v) is 6.24. The van der Waals surface area contributed by atoms with E-state index < -0.39 is 0 Å². The lowest BCUT2D eigenvalue weighted by atomic mass is 9.80. The highest BCUT2D eigenvalue weighted by atomic mass is 16.5. The number of hydrogen-bond donors (Lipinski definition) is 0. The largest absolute Gasteiger partial charge is 0.381 e. The Kier molecular flexibility index (Phi) is 8.26. The summed E-state index contributed by atoms with van der Waals surface area (Å²) < 4.78 is 5.48. The van der Waals surface area contributed by atoms with E-state index in [2.05, 4.69) is 34.6 Å². The molecule has 14 heavy (non-hydrogen) atoms. The molecule has 1 heteroatoms. The van der Waals surface area contributed by atoms with Gasteiger partial charge in [0, 0.05) is 13.2 Å². The van der Waals surface area contributed by atoms with Crippen LogP contribution in [0.2, 0.25) is 0 Å². The molecule has 0 aliphatic carbocycles. The minimum atomic E-state index is 0.814. The summed E-state index contributed by atoms with van der Waals surface area (Å²) in [5.41, 5.74) is 0. The van der Waals surface area contributed by atoms with Crippen LogP contribution >= 0.6 is 0 Å². The Labute approximate surface area is 90.2 Å². The van der Waals surface area contributed by atoms with E-state index in [0.29, 0.717) is 0 Å². The molecule has 1 fully saturated rings. The van der Waals surface area contributed by atoms with Crippen LogP contribution in [0.3, 0.4) is 0 Å². The maximum Gasteiger partial charge on any atom is 0.0499 e. The van der Waals surface area contributed by atoms with Gasteiger partial charge in [-0.1, -0.05) is 47.5 Å². The second-order valence-corrected chi connectivity index (χ2v) is 4.60. The monoisotopic (exact) mass is 200 g/mol. The maximum atomic E-state index is 5.48. The van der Waals surface area contributed by atoms with Gasteiger partial charge in [0.1, 0.15) is 0 Å². The van der Waals surface area contributed by atoms with Gasteiger partial charge in [-0.25, -0.2) is 0 Å². The van der Waals surface area contributed by atoms with E-state index in [1.54, 1.807) is 0 Å². The quantitative estimate of drug-likeness (QED) is 0.651. The van der Waals surface area contributed by atoms with Gasteiger partial charge in [-0.15, -0.1) is 0 Å². The molecule has 0 saturated carbocycles. The first kappa shape index (κ1) is 14.0. The van der Waals surface area contributed by atoms with Crippen molar-refractivity contribution in [3.8, 4) is 0 Å². The smallest absolute Gasteiger partial charge is 0.0499 e. The number of rotatable bonds is 2. The lowest BCUT2D eigenvalue weighted by Gasteiger charge is -2.32. The topological polar surface area (TPSA) is 9.23 Å². The third-order valence-corrected chi connectivity index (χ3v) is 3.13. The zero-order valence-corrected chi connectivity index (χ0v) is 10.7. The summed E-state index contributed by atoms with van der Waals surface area (Å²) in [5, 5.41) is 0. The minimum absolute atomic E-state index is 0.814. The maximum absolute atomic E-state index is 5.48. The average molecular weight is 200 g/mol. The summed E-state index contributed by atoms with van der Waals surface area (Å²) in [6.45, 7) is 13.2. The molecule has 1 rings (SSSR count). The van der Waals surface area contributed by atoms with Gasteiger partial charge in [0.05, 0.1) is 0 Å². The van der Waals surface area contributed by atoms with Crippen LogP contribution in [0.4, 0.5) is 0 Å². The van der Waals surface area contributed by atoms with Gasteiger partial charge in [-0.05, 0) is 24.2 Å². The molecule has 0 amide bonds. The summed E-state index contributed by atoms with van der Waals surface area (Å²) in [7, 11) is 0. The Morgan fingerprint density at radius 3 is 2.29 bits per heavy atom. The van der Waals surface area contributed by atoms with Crippen LogP contribution in [-0.4, -0.2) is 13.2 Å². The fourth-order valence-corrected chi connectivity index (χ4v) is 1.89. The molecule has 0 radical (unpaired) electrons. The van der Waals surface area contributed by atoms with Crippen LogP contribution in [0.1, 0.15) is 53.9 Å². The Hall–Kier alpha value is -0.0400. The second kappa shape index (κ2) is 8.28. The molecule has 0 bridgehead atoms. The standard InChI is InChI=1S/C10H20O.C3H8/c1-4-8(2)10-7-11-6-5-9(10)3;1-3-2/h8-10H,4-7H2,1-3H3;3H2,1-2H3. The first-order chi connectivity index (χ1) is 6.67. The van der Waals surface area contributed by atoms with E-state index in [-0.39, 0.29) is 0 Å². The lowest BCUT2D eigenvalue weighted by Crippen LogP contribution is -2.30. The molecular weight excluding hydrogens is 172 g/mol. The van der Waals surface area contributed by atoms with E-state index in [1.165, 1.54) is 19.3 Å². The van der Waals surface area contributed by atoms with Crippen LogP contribution in [0, 0.1) is 17.8 Å². The molecule has 0 spiro atoms. The predicted molar refractivity (Wildman–Crippen MR) is 63.5 cm³/mol. The van der Waals surface area contributed by atoms with Crippen LogP contribution in [0.15, 0.2) is 0 Å². The van der Waals surface area contributed by atoms with Gasteiger partial charge in [0.2, 0.25) is 0 Å². The van der Waals surface area contributed by atoms with Gasteiger partial charge in [0.15, 0.2) is 0 Å². The lowest BCUT2D eigenvalue weighted by molar-refractivity contribution is -0.000192. The van der Waals surface area contributed by atoms with E-state index in [0.717, 1.165) is 31.0 Å². The minimum Gasteiger partial charge on any atom is -0.381 e. The van der Waals surface area contributed by atoms with Crippen LogP contribution < -0.4 is 0 Å². The average Bonchev–Trinajstić information content (AvgIpc) is 2.19. The summed E-state index contributed by atoms with van der Waals surface area (Å²) in [4.78, 5) is 0. The van der Waals surface area contributed by atoms with Crippen LogP contribution in [0.25, 0.3) is 0 Å².